The van der Waals surface area contributed by atoms with Crippen LogP contribution in [0.5, 0.6) is 5.75 Å². The zero-order valence-corrected chi connectivity index (χ0v) is 13.8. The van der Waals surface area contributed by atoms with E-state index in [2.05, 4.69) is 25.9 Å². The van der Waals surface area contributed by atoms with Crippen LogP contribution in [0, 0.1) is 6.92 Å². The van der Waals surface area contributed by atoms with Crippen LogP contribution in [0.1, 0.15) is 5.82 Å². The molecule has 4 rings (SSSR count). The van der Waals surface area contributed by atoms with Gasteiger partial charge in [0.25, 0.3) is 0 Å². The van der Waals surface area contributed by atoms with Crippen molar-refractivity contribution in [1.82, 2.24) is 19.5 Å². The van der Waals surface area contributed by atoms with E-state index in [0.29, 0.717) is 0 Å². The molecule has 0 radical (unpaired) electrons. The van der Waals surface area contributed by atoms with Gasteiger partial charge in [0.15, 0.2) is 5.13 Å². The second kappa shape index (κ2) is 5.20. The van der Waals surface area contributed by atoms with Crippen LogP contribution in [0.25, 0.3) is 21.3 Å². The number of ether oxygens (including phenoxy) is 1. The van der Waals surface area contributed by atoms with E-state index in [-0.39, 0.29) is 0 Å². The highest BCUT2D eigenvalue weighted by molar-refractivity contribution is 7.22. The number of fused-ring (bicyclic) bond motifs is 3. The molecule has 0 amide bonds. The standard InChI is InChI=1S/C16H15N5OS/c1-9-18-10-4-5-13-14(15(10)21(9)2)20-16(23-13)19-11-8-17-7-6-12(11)22-3/h4-8H,1-3H3,(H,19,20). The largest absolute Gasteiger partial charge is 0.494 e. The summed E-state index contributed by atoms with van der Waals surface area (Å²) in [6.07, 6.45) is 3.43. The van der Waals surface area contributed by atoms with Gasteiger partial charge in [-0.2, -0.15) is 0 Å². The Hall–Kier alpha value is -2.67. The smallest absolute Gasteiger partial charge is 0.188 e. The minimum atomic E-state index is 0.737. The Morgan fingerprint density at radius 1 is 1.22 bits per heavy atom. The average Bonchev–Trinajstić information content (AvgIpc) is 3.08. The van der Waals surface area contributed by atoms with Crippen molar-refractivity contribution in [3.63, 3.8) is 0 Å². The van der Waals surface area contributed by atoms with Crippen LogP contribution < -0.4 is 10.1 Å². The second-order valence-corrected chi connectivity index (χ2v) is 6.25. The molecule has 0 saturated heterocycles. The van der Waals surface area contributed by atoms with E-state index < -0.39 is 0 Å². The first-order valence-corrected chi connectivity index (χ1v) is 7.96. The van der Waals surface area contributed by atoms with Crippen LogP contribution >= 0.6 is 11.3 Å². The number of nitrogens with one attached hydrogen (secondary N) is 1. The number of anilines is 2. The Kier molecular flexibility index (Phi) is 3.16. The number of methoxy groups -OCH3 is 1. The Morgan fingerprint density at radius 3 is 2.91 bits per heavy atom. The molecule has 1 aromatic carbocycles. The van der Waals surface area contributed by atoms with E-state index in [4.69, 9.17) is 9.72 Å². The van der Waals surface area contributed by atoms with Crippen LogP contribution in [-0.4, -0.2) is 26.6 Å². The van der Waals surface area contributed by atoms with E-state index in [1.165, 1.54) is 0 Å². The number of nitrogens with zero attached hydrogens (tertiary/aromatic N) is 4. The highest BCUT2D eigenvalue weighted by Gasteiger charge is 2.13. The van der Waals surface area contributed by atoms with Crippen LogP contribution in [-0.2, 0) is 7.05 Å². The maximum absolute atomic E-state index is 5.34. The fraction of sp³-hybridized carbons (Fsp3) is 0.188. The minimum Gasteiger partial charge on any atom is -0.494 e. The van der Waals surface area contributed by atoms with Crippen molar-refractivity contribution in [1.29, 1.82) is 0 Å². The molecule has 6 nitrogen and oxygen atoms in total. The topological polar surface area (TPSA) is 64.9 Å². The molecule has 0 saturated carbocycles. The van der Waals surface area contributed by atoms with Crippen molar-refractivity contribution < 1.29 is 4.74 Å². The molecule has 3 aromatic heterocycles. The summed E-state index contributed by atoms with van der Waals surface area (Å²) in [5, 5.41) is 4.10. The van der Waals surface area contributed by atoms with Gasteiger partial charge >= 0.3 is 0 Å². The summed E-state index contributed by atoms with van der Waals surface area (Å²) in [7, 11) is 3.65. The minimum absolute atomic E-state index is 0.737. The van der Waals surface area contributed by atoms with Gasteiger partial charge in [0.05, 0.1) is 29.0 Å². The summed E-state index contributed by atoms with van der Waals surface area (Å²) in [4.78, 5) is 13.4. The Labute approximate surface area is 136 Å². The number of pyridine rings is 1. The maximum atomic E-state index is 5.34. The molecule has 0 aliphatic rings. The van der Waals surface area contributed by atoms with Crippen molar-refractivity contribution in [3.05, 3.63) is 36.4 Å². The molecule has 3 heterocycles. The van der Waals surface area contributed by atoms with Crippen molar-refractivity contribution in [2.75, 3.05) is 12.4 Å². The summed E-state index contributed by atoms with van der Waals surface area (Å²) in [5.41, 5.74) is 3.78. The van der Waals surface area contributed by atoms with Crippen LogP contribution in [0.4, 0.5) is 10.8 Å². The third-order valence-corrected chi connectivity index (χ3v) is 4.79. The molecule has 23 heavy (non-hydrogen) atoms. The molecule has 116 valence electrons. The molecule has 4 aromatic rings. The van der Waals surface area contributed by atoms with Gasteiger partial charge in [0.2, 0.25) is 0 Å². The van der Waals surface area contributed by atoms with Gasteiger partial charge in [0, 0.05) is 19.3 Å². The number of aryl methyl sites for hydroxylation is 2. The van der Waals surface area contributed by atoms with Crippen molar-refractivity contribution in [3.8, 4) is 5.75 Å². The van der Waals surface area contributed by atoms with Crippen LogP contribution in [0.3, 0.4) is 0 Å². The summed E-state index contributed by atoms with van der Waals surface area (Å²) >= 11 is 1.60. The zero-order valence-electron chi connectivity index (χ0n) is 13.0. The lowest BCUT2D eigenvalue weighted by atomic mass is 10.3. The molecule has 7 heteroatoms. The molecule has 0 unspecified atom stereocenters. The normalized spacial score (nSPS) is 11.3. The molecule has 1 N–H and O–H groups in total. The SMILES string of the molecule is COc1ccncc1Nc1nc2c(ccc3nc(C)n(C)c32)s1. The number of aromatic nitrogens is 4. The molecule has 0 atom stereocenters. The Morgan fingerprint density at radius 2 is 2.09 bits per heavy atom. The molecule has 0 bridgehead atoms. The quantitative estimate of drug-likeness (QED) is 0.623. The van der Waals surface area contributed by atoms with Crippen molar-refractivity contribution in [2.45, 2.75) is 6.92 Å². The molecule has 0 spiro atoms. The second-order valence-electron chi connectivity index (χ2n) is 5.22. The van der Waals surface area contributed by atoms with E-state index in [0.717, 1.165) is 43.6 Å². The molecule has 0 aliphatic carbocycles. The van der Waals surface area contributed by atoms with Gasteiger partial charge in [-0.05, 0) is 19.1 Å². The van der Waals surface area contributed by atoms with Gasteiger partial charge in [-0.3, -0.25) is 4.98 Å². The van der Waals surface area contributed by atoms with Crippen molar-refractivity contribution >= 4 is 43.4 Å². The van der Waals surface area contributed by atoms with Gasteiger partial charge in [0.1, 0.15) is 22.8 Å². The lowest BCUT2D eigenvalue weighted by molar-refractivity contribution is 0.416. The molecule has 0 fully saturated rings. The van der Waals surface area contributed by atoms with E-state index in [9.17, 15) is 0 Å². The summed E-state index contributed by atoms with van der Waals surface area (Å²) < 4.78 is 8.54. The number of thiazole rings is 1. The predicted octanol–water partition coefficient (Wildman–Crippen LogP) is 3.64. The molecular formula is C16H15N5OS. The van der Waals surface area contributed by atoms with Crippen LogP contribution in [0.2, 0.25) is 0 Å². The van der Waals surface area contributed by atoms with E-state index in [1.54, 1.807) is 30.8 Å². The predicted molar refractivity (Wildman–Crippen MR) is 92.7 cm³/mol. The number of imidazole rings is 1. The van der Waals surface area contributed by atoms with Crippen LogP contribution in [0.15, 0.2) is 30.6 Å². The third-order valence-electron chi connectivity index (χ3n) is 3.86. The van der Waals surface area contributed by atoms with E-state index in [1.807, 2.05) is 26.1 Å². The first-order valence-electron chi connectivity index (χ1n) is 7.15. The summed E-state index contributed by atoms with van der Waals surface area (Å²) in [5.74, 6) is 1.71. The lowest BCUT2D eigenvalue weighted by Gasteiger charge is -2.07. The number of hydrogen-bond acceptors (Lipinski definition) is 6. The first kappa shape index (κ1) is 14.0. The summed E-state index contributed by atoms with van der Waals surface area (Å²) in [6.45, 7) is 2.00. The van der Waals surface area contributed by atoms with Gasteiger partial charge in [-0.15, -0.1) is 0 Å². The number of rotatable bonds is 3. The Balaban J connectivity index is 1.84. The molecular weight excluding hydrogens is 310 g/mol. The van der Waals surface area contributed by atoms with Gasteiger partial charge < -0.3 is 14.6 Å². The fourth-order valence-electron chi connectivity index (χ4n) is 2.62. The van der Waals surface area contributed by atoms with Crippen molar-refractivity contribution in [2.24, 2.45) is 7.05 Å². The summed E-state index contributed by atoms with van der Waals surface area (Å²) in [6, 6.07) is 5.92. The number of hydrogen-bond donors (Lipinski definition) is 1. The van der Waals surface area contributed by atoms with E-state index >= 15 is 0 Å². The van der Waals surface area contributed by atoms with Gasteiger partial charge in [-0.1, -0.05) is 11.3 Å². The first-order chi connectivity index (χ1) is 11.2. The number of benzene rings is 1. The average molecular weight is 325 g/mol. The Bertz CT molecular complexity index is 1020. The highest BCUT2D eigenvalue weighted by Crippen LogP contribution is 2.34. The fourth-order valence-corrected chi connectivity index (χ4v) is 3.50. The third kappa shape index (κ3) is 2.20. The van der Waals surface area contributed by atoms with Gasteiger partial charge in [-0.25, -0.2) is 9.97 Å². The molecule has 0 aliphatic heterocycles. The lowest BCUT2D eigenvalue weighted by Crippen LogP contribution is -1.95. The maximum Gasteiger partial charge on any atom is 0.188 e. The zero-order chi connectivity index (χ0) is 16.0. The highest BCUT2D eigenvalue weighted by atomic mass is 32.1. The monoisotopic (exact) mass is 325 g/mol.